The molecule has 1 amide bonds. The summed E-state index contributed by atoms with van der Waals surface area (Å²) in [7, 11) is 0. The van der Waals surface area contributed by atoms with E-state index in [-0.39, 0.29) is 0 Å². The molecule has 2 N–H and O–H groups in total. The molecule has 0 fully saturated rings. The van der Waals surface area contributed by atoms with Crippen molar-refractivity contribution in [3.05, 3.63) is 108 Å². The first-order valence-electron chi connectivity index (χ1n) is 12.2. The Morgan fingerprint density at radius 1 is 0.943 bits per heavy atom. The van der Waals surface area contributed by atoms with Gasteiger partial charge in [-0.05, 0) is 60.9 Å². The summed E-state index contributed by atoms with van der Waals surface area (Å²) in [6.45, 7) is 2.81. The summed E-state index contributed by atoms with van der Waals surface area (Å²) in [4.78, 5) is 12.3. The molecule has 0 aliphatic heterocycles. The number of hydrogen-bond donors (Lipinski definition) is 1. The first-order chi connectivity index (χ1) is 17.2. The molecule has 4 heteroatoms. The molecular formula is C31H29N2O2. The van der Waals surface area contributed by atoms with E-state index in [1.165, 1.54) is 18.4 Å². The molecule has 1 heterocycles. The van der Waals surface area contributed by atoms with Gasteiger partial charge in [-0.15, -0.1) is 0 Å². The minimum Gasteiger partial charge on any atom is -0.457 e. The van der Waals surface area contributed by atoms with E-state index in [0.29, 0.717) is 12.1 Å². The Bertz CT molecular complexity index is 1480. The van der Waals surface area contributed by atoms with Crippen molar-refractivity contribution >= 4 is 27.7 Å². The van der Waals surface area contributed by atoms with Gasteiger partial charge in [0.25, 0.3) is 0 Å². The molecule has 0 aliphatic carbocycles. The minimum absolute atomic E-state index is 0.428. The largest absolute Gasteiger partial charge is 0.457 e. The second-order valence-corrected chi connectivity index (χ2v) is 8.90. The van der Waals surface area contributed by atoms with Crippen molar-refractivity contribution in [2.24, 2.45) is 5.73 Å². The maximum absolute atomic E-state index is 12.3. The third kappa shape index (κ3) is 4.65. The van der Waals surface area contributed by atoms with E-state index >= 15 is 0 Å². The maximum atomic E-state index is 12.3. The molecule has 5 aromatic rings. The molecule has 4 aromatic carbocycles. The van der Waals surface area contributed by atoms with Crippen LogP contribution < -0.4 is 10.5 Å². The van der Waals surface area contributed by atoms with E-state index in [2.05, 4.69) is 35.8 Å². The zero-order chi connectivity index (χ0) is 24.2. The number of unbranched alkanes of at least 4 members (excludes halogenated alkanes) is 2. The minimum atomic E-state index is -0.428. The molecule has 0 aliphatic rings. The predicted octanol–water partition coefficient (Wildman–Crippen LogP) is 7.27. The number of ether oxygens (including phenoxy) is 1. The molecule has 1 aromatic heterocycles. The summed E-state index contributed by atoms with van der Waals surface area (Å²) in [6, 6.07) is 31.4. The third-order valence-corrected chi connectivity index (χ3v) is 6.46. The van der Waals surface area contributed by atoms with Crippen LogP contribution in [0.4, 0.5) is 0 Å². The van der Waals surface area contributed by atoms with E-state index in [1.807, 2.05) is 60.7 Å². The summed E-state index contributed by atoms with van der Waals surface area (Å²) >= 11 is 0. The van der Waals surface area contributed by atoms with Crippen molar-refractivity contribution < 1.29 is 9.53 Å². The zero-order valence-electron chi connectivity index (χ0n) is 20.0. The van der Waals surface area contributed by atoms with Crippen LogP contribution >= 0.6 is 0 Å². The number of hydrogen-bond acceptors (Lipinski definition) is 2. The highest BCUT2D eigenvalue weighted by atomic mass is 16.5. The molecule has 0 spiro atoms. The number of rotatable bonds is 9. The van der Waals surface area contributed by atoms with Gasteiger partial charge in [0.2, 0.25) is 5.91 Å². The van der Waals surface area contributed by atoms with Crippen LogP contribution in [0.25, 0.3) is 21.8 Å². The lowest BCUT2D eigenvalue weighted by Crippen LogP contribution is -2.11. The van der Waals surface area contributed by atoms with Crippen molar-refractivity contribution in [3.63, 3.8) is 0 Å². The lowest BCUT2D eigenvalue weighted by Gasteiger charge is -2.14. The third-order valence-electron chi connectivity index (χ3n) is 6.46. The number of fused-ring (bicyclic) bond motifs is 3. The van der Waals surface area contributed by atoms with E-state index in [4.69, 9.17) is 10.5 Å². The molecule has 4 nitrogen and oxygen atoms in total. The lowest BCUT2D eigenvalue weighted by molar-refractivity contribution is 0.100. The van der Waals surface area contributed by atoms with Gasteiger partial charge in [-0.1, -0.05) is 68.3 Å². The van der Waals surface area contributed by atoms with Crippen molar-refractivity contribution in [1.29, 1.82) is 0 Å². The smallest absolute Gasteiger partial charge is 0.249 e. The van der Waals surface area contributed by atoms with Gasteiger partial charge in [-0.3, -0.25) is 4.79 Å². The molecule has 0 unspecified atom stereocenters. The fraction of sp³-hybridized carbons (Fsp3) is 0.194. The Kier molecular flexibility index (Phi) is 6.53. The lowest BCUT2D eigenvalue weighted by atomic mass is 10.0. The number of nitrogens with two attached hydrogens (primary N) is 1. The number of para-hydroxylation sites is 2. The average molecular weight is 462 g/mol. The molecule has 0 atom stereocenters. The standard InChI is InChI=1S/C31H29N2O2/c1-2-3-5-11-22-18-19-25-28(20-22)33(27-16-10-15-26(30(25)27)31(32)34)21-23-12-8-9-17-29(23)35-24-13-6-4-7-14-24/h4,6-10,12-18,20H,2-3,5,11,21H2,1H3,(H2,32,34). The Morgan fingerprint density at radius 2 is 1.74 bits per heavy atom. The number of carbonyl (C=O) groups excluding carboxylic acids is 1. The van der Waals surface area contributed by atoms with Gasteiger partial charge in [-0.2, -0.15) is 0 Å². The van der Waals surface area contributed by atoms with E-state index in [0.717, 1.165) is 51.7 Å². The average Bonchev–Trinajstić information content (AvgIpc) is 3.19. The summed E-state index contributed by atoms with van der Waals surface area (Å²) in [5.41, 5.74) is 10.6. The Labute approximate surface area is 205 Å². The van der Waals surface area contributed by atoms with Crippen molar-refractivity contribution in [3.8, 4) is 11.5 Å². The fourth-order valence-corrected chi connectivity index (χ4v) is 4.72. The Hall–Kier alpha value is -4.05. The van der Waals surface area contributed by atoms with Crippen molar-refractivity contribution in [1.82, 2.24) is 4.57 Å². The number of aromatic nitrogens is 1. The van der Waals surface area contributed by atoms with Crippen LogP contribution in [0.2, 0.25) is 0 Å². The topological polar surface area (TPSA) is 57.2 Å². The quantitative estimate of drug-likeness (QED) is 0.235. The molecule has 175 valence electrons. The normalized spacial score (nSPS) is 11.2. The van der Waals surface area contributed by atoms with E-state index in [9.17, 15) is 4.79 Å². The van der Waals surface area contributed by atoms with Gasteiger partial charge < -0.3 is 15.0 Å². The second kappa shape index (κ2) is 10.1. The summed E-state index contributed by atoms with van der Waals surface area (Å²) in [6.07, 6.45) is 4.55. The van der Waals surface area contributed by atoms with E-state index in [1.54, 1.807) is 6.07 Å². The summed E-state index contributed by atoms with van der Waals surface area (Å²) < 4.78 is 8.49. The number of aryl methyl sites for hydroxylation is 1. The molecule has 5 rings (SSSR count). The van der Waals surface area contributed by atoms with Crippen molar-refractivity contribution in [2.45, 2.75) is 39.2 Å². The Morgan fingerprint density at radius 3 is 2.54 bits per heavy atom. The van der Waals surface area contributed by atoms with Crippen LogP contribution in [-0.2, 0) is 13.0 Å². The van der Waals surface area contributed by atoms with Crippen LogP contribution in [-0.4, -0.2) is 10.5 Å². The van der Waals surface area contributed by atoms with Gasteiger partial charge in [-0.25, -0.2) is 0 Å². The molecular weight excluding hydrogens is 432 g/mol. The predicted molar refractivity (Wildman–Crippen MR) is 142 cm³/mol. The SMILES string of the molecule is CCCCCc1c[c]c2c3c(C(N)=O)cccc3n(Cc3ccccc3Oc3ccccc3)c2c1. The molecule has 35 heavy (non-hydrogen) atoms. The monoisotopic (exact) mass is 461 g/mol. The van der Waals surface area contributed by atoms with Gasteiger partial charge in [0, 0.05) is 21.9 Å². The Balaban J connectivity index is 1.64. The number of nitrogens with zero attached hydrogens (tertiary/aromatic N) is 1. The van der Waals surface area contributed by atoms with Crippen LogP contribution in [0, 0.1) is 6.07 Å². The fourth-order valence-electron chi connectivity index (χ4n) is 4.72. The van der Waals surface area contributed by atoms with Crippen LogP contribution in [0.5, 0.6) is 11.5 Å². The van der Waals surface area contributed by atoms with Crippen LogP contribution in [0.3, 0.4) is 0 Å². The molecule has 1 radical (unpaired) electrons. The number of benzene rings is 4. The molecule has 0 bridgehead atoms. The molecule has 0 saturated heterocycles. The number of primary amides is 1. The van der Waals surface area contributed by atoms with Gasteiger partial charge >= 0.3 is 0 Å². The number of carbonyl (C=O) groups is 1. The van der Waals surface area contributed by atoms with Crippen molar-refractivity contribution in [2.75, 3.05) is 0 Å². The zero-order valence-corrected chi connectivity index (χ0v) is 20.0. The highest BCUT2D eigenvalue weighted by Gasteiger charge is 2.18. The van der Waals surface area contributed by atoms with Crippen LogP contribution in [0.1, 0.15) is 47.7 Å². The maximum Gasteiger partial charge on any atom is 0.249 e. The second-order valence-electron chi connectivity index (χ2n) is 8.90. The highest BCUT2D eigenvalue weighted by Crippen LogP contribution is 2.34. The van der Waals surface area contributed by atoms with Crippen LogP contribution in [0.15, 0.2) is 84.9 Å². The van der Waals surface area contributed by atoms with Gasteiger partial charge in [0.1, 0.15) is 11.5 Å². The van der Waals surface area contributed by atoms with Gasteiger partial charge in [0.15, 0.2) is 0 Å². The summed E-state index contributed by atoms with van der Waals surface area (Å²) in [5, 5.41) is 1.78. The van der Waals surface area contributed by atoms with E-state index < -0.39 is 5.91 Å². The first-order valence-corrected chi connectivity index (χ1v) is 12.2. The highest BCUT2D eigenvalue weighted by molar-refractivity contribution is 6.17. The number of amides is 1. The molecule has 0 saturated carbocycles. The summed E-state index contributed by atoms with van der Waals surface area (Å²) in [5.74, 6) is 1.18. The van der Waals surface area contributed by atoms with Gasteiger partial charge in [0.05, 0.1) is 17.6 Å². The first kappa shape index (κ1) is 22.7.